The van der Waals surface area contributed by atoms with Gasteiger partial charge in [0.05, 0.1) is 6.10 Å². The van der Waals surface area contributed by atoms with Crippen molar-refractivity contribution < 1.29 is 9.47 Å². The van der Waals surface area contributed by atoms with Crippen LogP contribution in [0.5, 0.6) is 0 Å². The maximum absolute atomic E-state index is 5.29. The minimum Gasteiger partial charge on any atom is -0.350 e. The van der Waals surface area contributed by atoms with Gasteiger partial charge in [0.1, 0.15) is 5.44 Å². The molecule has 2 unspecified atom stereocenters. The van der Waals surface area contributed by atoms with E-state index in [0.29, 0.717) is 0 Å². The first kappa shape index (κ1) is 10.3. The van der Waals surface area contributed by atoms with Crippen molar-refractivity contribution in [3.05, 3.63) is 0 Å². The molecule has 0 bridgehead atoms. The van der Waals surface area contributed by atoms with Gasteiger partial charge in [-0.25, -0.2) is 0 Å². The van der Waals surface area contributed by atoms with Crippen molar-refractivity contribution in [3.63, 3.8) is 0 Å². The third-order valence-electron chi connectivity index (χ3n) is 0.852. The molecule has 0 rings (SSSR count). The fourth-order valence-corrected chi connectivity index (χ4v) is 0.864. The predicted molar refractivity (Wildman–Crippen MR) is 45.2 cm³/mol. The van der Waals surface area contributed by atoms with Crippen LogP contribution in [0, 0.1) is 0 Å². The fraction of sp³-hybridized carbons (Fsp3) is 1.00. The summed E-state index contributed by atoms with van der Waals surface area (Å²) in [7, 11) is 0. The monoisotopic (exact) mass is 164 g/mol. The van der Waals surface area contributed by atoms with Gasteiger partial charge in [0, 0.05) is 0 Å². The first-order valence-electron chi connectivity index (χ1n) is 3.51. The lowest BCUT2D eigenvalue weighted by Gasteiger charge is -2.18. The molecule has 0 heterocycles. The molecule has 0 saturated heterocycles. The smallest absolute Gasteiger partial charge is 0.156 e. The molecule has 3 heteroatoms. The Morgan fingerprint density at radius 1 is 1.00 bits per heavy atom. The molecular formula is C7H16O2S. The van der Waals surface area contributed by atoms with Crippen LogP contribution in [0.25, 0.3) is 0 Å². The van der Waals surface area contributed by atoms with Gasteiger partial charge in [0.15, 0.2) is 6.29 Å². The number of rotatable bonds is 4. The van der Waals surface area contributed by atoms with E-state index in [-0.39, 0.29) is 17.8 Å². The number of ether oxygens (including phenoxy) is 2. The Balaban J connectivity index is 3.34. The summed E-state index contributed by atoms with van der Waals surface area (Å²) in [5.74, 6) is 0. The van der Waals surface area contributed by atoms with E-state index in [1.807, 2.05) is 27.7 Å². The van der Waals surface area contributed by atoms with Crippen LogP contribution in [0.2, 0.25) is 0 Å². The lowest BCUT2D eigenvalue weighted by atomic mass is 10.5. The summed E-state index contributed by atoms with van der Waals surface area (Å²) in [4.78, 5) is 0. The largest absolute Gasteiger partial charge is 0.350 e. The van der Waals surface area contributed by atoms with Gasteiger partial charge in [-0.1, -0.05) is 0 Å². The van der Waals surface area contributed by atoms with Crippen LogP contribution in [-0.2, 0) is 9.47 Å². The molecule has 0 spiro atoms. The van der Waals surface area contributed by atoms with Crippen LogP contribution in [-0.4, -0.2) is 17.8 Å². The van der Waals surface area contributed by atoms with Gasteiger partial charge in [-0.2, -0.15) is 0 Å². The molecule has 2 nitrogen and oxygen atoms in total. The van der Waals surface area contributed by atoms with Crippen LogP contribution in [0.3, 0.4) is 0 Å². The zero-order valence-corrected chi connectivity index (χ0v) is 7.89. The summed E-state index contributed by atoms with van der Waals surface area (Å²) in [5, 5.41) is 0. The molecule has 2 atom stereocenters. The molecule has 0 aromatic rings. The average molecular weight is 164 g/mol. The standard InChI is InChI=1S/C7H16O2S/c1-5(2)8-6(3)9-7(4)10/h5-7,10H,1-4H3. The summed E-state index contributed by atoms with van der Waals surface area (Å²) in [6.45, 7) is 7.68. The van der Waals surface area contributed by atoms with Gasteiger partial charge < -0.3 is 9.47 Å². The number of thiol groups is 1. The van der Waals surface area contributed by atoms with Crippen LogP contribution >= 0.6 is 12.6 Å². The maximum Gasteiger partial charge on any atom is 0.156 e. The Morgan fingerprint density at radius 3 is 1.80 bits per heavy atom. The van der Waals surface area contributed by atoms with Crippen LogP contribution < -0.4 is 0 Å². The molecule has 0 aromatic heterocycles. The molecule has 0 aliphatic rings. The minimum absolute atomic E-state index is 0.0613. The van der Waals surface area contributed by atoms with Crippen LogP contribution in [0.1, 0.15) is 27.7 Å². The average Bonchev–Trinajstić information content (AvgIpc) is 1.58. The second-order valence-electron chi connectivity index (χ2n) is 2.49. The summed E-state index contributed by atoms with van der Waals surface area (Å²) in [6.07, 6.45) is 0.0505. The lowest BCUT2D eigenvalue weighted by Crippen LogP contribution is -2.20. The Hall–Kier alpha value is 0.270. The van der Waals surface area contributed by atoms with E-state index >= 15 is 0 Å². The molecule has 0 saturated carbocycles. The van der Waals surface area contributed by atoms with Crippen molar-refractivity contribution in [1.82, 2.24) is 0 Å². The molecule has 10 heavy (non-hydrogen) atoms. The molecule has 0 aromatic carbocycles. The Morgan fingerprint density at radius 2 is 1.50 bits per heavy atom. The molecule has 62 valence electrons. The van der Waals surface area contributed by atoms with Crippen molar-refractivity contribution >= 4 is 12.6 Å². The van der Waals surface area contributed by atoms with Crippen molar-refractivity contribution in [2.24, 2.45) is 0 Å². The lowest BCUT2D eigenvalue weighted by molar-refractivity contribution is -0.155. The Labute approximate surface area is 68.3 Å². The molecule has 0 aliphatic heterocycles. The van der Waals surface area contributed by atoms with Crippen LogP contribution in [0.15, 0.2) is 0 Å². The summed E-state index contributed by atoms with van der Waals surface area (Å²) < 4.78 is 10.5. The summed E-state index contributed by atoms with van der Waals surface area (Å²) in [6, 6.07) is 0. The minimum atomic E-state index is -0.160. The van der Waals surface area contributed by atoms with Crippen molar-refractivity contribution in [2.75, 3.05) is 0 Å². The number of hydrogen-bond donors (Lipinski definition) is 1. The normalized spacial score (nSPS) is 17.4. The van der Waals surface area contributed by atoms with Crippen molar-refractivity contribution in [2.45, 2.75) is 45.5 Å². The second-order valence-corrected chi connectivity index (χ2v) is 3.22. The quantitative estimate of drug-likeness (QED) is 0.506. The second kappa shape index (κ2) is 4.99. The topological polar surface area (TPSA) is 18.5 Å². The first-order valence-corrected chi connectivity index (χ1v) is 4.03. The Bertz CT molecular complexity index is 73.7. The van der Waals surface area contributed by atoms with E-state index in [1.165, 1.54) is 0 Å². The van der Waals surface area contributed by atoms with E-state index in [9.17, 15) is 0 Å². The SMILES string of the molecule is CC(C)OC(C)OC(C)S. The predicted octanol–water partition coefficient (Wildman–Crippen LogP) is 2.05. The molecule has 0 amide bonds. The van der Waals surface area contributed by atoms with Crippen molar-refractivity contribution in [1.29, 1.82) is 0 Å². The van der Waals surface area contributed by atoms with Gasteiger partial charge in [0.25, 0.3) is 0 Å². The molecule has 0 radical (unpaired) electrons. The van der Waals surface area contributed by atoms with Crippen molar-refractivity contribution in [3.8, 4) is 0 Å². The van der Waals surface area contributed by atoms with E-state index < -0.39 is 0 Å². The highest BCUT2D eigenvalue weighted by Crippen LogP contribution is 2.04. The Kier molecular flexibility index (Phi) is 5.13. The van der Waals surface area contributed by atoms with Gasteiger partial charge in [-0.15, -0.1) is 12.6 Å². The third kappa shape index (κ3) is 6.39. The third-order valence-corrected chi connectivity index (χ3v) is 0.974. The summed E-state index contributed by atoms with van der Waals surface area (Å²) in [5.41, 5.74) is -0.0613. The molecule has 0 N–H and O–H groups in total. The van der Waals surface area contributed by atoms with Crippen LogP contribution in [0.4, 0.5) is 0 Å². The highest BCUT2D eigenvalue weighted by molar-refractivity contribution is 7.80. The fourth-order valence-electron chi connectivity index (χ4n) is 0.693. The zero-order valence-electron chi connectivity index (χ0n) is 7.00. The summed E-state index contributed by atoms with van der Waals surface area (Å²) >= 11 is 4.06. The van der Waals surface area contributed by atoms with E-state index in [1.54, 1.807) is 0 Å². The van der Waals surface area contributed by atoms with E-state index in [0.717, 1.165) is 0 Å². The highest BCUT2D eigenvalue weighted by Gasteiger charge is 2.06. The van der Waals surface area contributed by atoms with Gasteiger partial charge in [0.2, 0.25) is 0 Å². The highest BCUT2D eigenvalue weighted by atomic mass is 32.1. The zero-order chi connectivity index (χ0) is 8.15. The molecule has 0 aliphatic carbocycles. The molecule has 0 fully saturated rings. The van der Waals surface area contributed by atoms with Gasteiger partial charge in [-0.05, 0) is 27.7 Å². The van der Waals surface area contributed by atoms with Gasteiger partial charge >= 0.3 is 0 Å². The first-order chi connectivity index (χ1) is 4.52. The van der Waals surface area contributed by atoms with Gasteiger partial charge in [-0.3, -0.25) is 0 Å². The number of hydrogen-bond acceptors (Lipinski definition) is 3. The molecular weight excluding hydrogens is 148 g/mol. The van der Waals surface area contributed by atoms with E-state index in [2.05, 4.69) is 12.6 Å². The van der Waals surface area contributed by atoms with E-state index in [4.69, 9.17) is 9.47 Å². The maximum atomic E-state index is 5.29.